The number of carbonyl (C=O) groups is 1. The van der Waals surface area contributed by atoms with Gasteiger partial charge in [-0.2, -0.15) is 5.26 Å². The Balaban J connectivity index is 1.85. The molecule has 2 heterocycles. The van der Waals surface area contributed by atoms with Gasteiger partial charge >= 0.3 is 0 Å². The van der Waals surface area contributed by atoms with Crippen LogP contribution in [-0.4, -0.2) is 15.9 Å². The predicted molar refractivity (Wildman–Crippen MR) is 66.7 cm³/mol. The van der Waals surface area contributed by atoms with E-state index in [9.17, 15) is 4.79 Å². The normalized spacial score (nSPS) is 9.72. The van der Waals surface area contributed by atoms with Crippen molar-refractivity contribution in [1.82, 2.24) is 9.97 Å². The van der Waals surface area contributed by atoms with Crippen molar-refractivity contribution < 1.29 is 4.79 Å². The highest BCUT2D eigenvalue weighted by molar-refractivity contribution is 5.89. The smallest absolute Gasteiger partial charge is 0.225 e. The first kappa shape index (κ1) is 11.9. The third-order valence-electron chi connectivity index (χ3n) is 2.44. The lowest BCUT2D eigenvalue weighted by Crippen LogP contribution is -2.13. The highest BCUT2D eigenvalue weighted by atomic mass is 16.1. The fraction of sp³-hybridized carbons (Fsp3) is 0.154. The Morgan fingerprint density at radius 1 is 1.44 bits per heavy atom. The van der Waals surface area contributed by atoms with Gasteiger partial charge in [0.25, 0.3) is 0 Å². The number of carbonyl (C=O) groups excluding carboxylic acids is 1. The van der Waals surface area contributed by atoms with E-state index in [4.69, 9.17) is 5.26 Å². The van der Waals surface area contributed by atoms with E-state index >= 15 is 0 Å². The Labute approximate surface area is 104 Å². The van der Waals surface area contributed by atoms with Crippen LogP contribution in [0.3, 0.4) is 0 Å². The van der Waals surface area contributed by atoms with Crippen molar-refractivity contribution in [3.63, 3.8) is 0 Å². The van der Waals surface area contributed by atoms with Gasteiger partial charge in [0.1, 0.15) is 11.9 Å². The van der Waals surface area contributed by atoms with Crippen molar-refractivity contribution in [2.45, 2.75) is 12.8 Å². The number of rotatable bonds is 4. The molecule has 2 rings (SSSR count). The minimum absolute atomic E-state index is 0.0955. The van der Waals surface area contributed by atoms with Gasteiger partial charge in [0.05, 0.1) is 5.56 Å². The van der Waals surface area contributed by atoms with Crippen molar-refractivity contribution in [2.75, 3.05) is 5.32 Å². The molecule has 0 fully saturated rings. The average molecular weight is 240 g/mol. The summed E-state index contributed by atoms with van der Waals surface area (Å²) in [7, 11) is 0. The quantitative estimate of drug-likeness (QED) is 0.855. The molecule has 0 radical (unpaired) electrons. The summed E-state index contributed by atoms with van der Waals surface area (Å²) in [5, 5.41) is 11.3. The fourth-order valence-electron chi connectivity index (χ4n) is 1.51. The molecule has 0 aliphatic heterocycles. The largest absolute Gasteiger partial charge is 0.365 e. The number of hydrogen-bond donors (Lipinski definition) is 2. The van der Waals surface area contributed by atoms with E-state index in [0.717, 1.165) is 5.69 Å². The zero-order valence-corrected chi connectivity index (χ0v) is 9.68. The third-order valence-corrected chi connectivity index (χ3v) is 2.44. The number of nitrogens with one attached hydrogen (secondary N) is 2. The molecule has 0 saturated heterocycles. The molecular weight excluding hydrogens is 228 g/mol. The van der Waals surface area contributed by atoms with Crippen LogP contribution in [0.1, 0.15) is 17.7 Å². The van der Waals surface area contributed by atoms with Crippen molar-refractivity contribution in [2.24, 2.45) is 0 Å². The van der Waals surface area contributed by atoms with Gasteiger partial charge in [-0.25, -0.2) is 4.98 Å². The molecule has 0 unspecified atom stereocenters. The maximum Gasteiger partial charge on any atom is 0.225 e. The number of anilines is 1. The number of amides is 1. The van der Waals surface area contributed by atoms with Crippen molar-refractivity contribution in [3.05, 3.63) is 47.9 Å². The number of nitriles is 1. The first-order valence-corrected chi connectivity index (χ1v) is 5.56. The summed E-state index contributed by atoms with van der Waals surface area (Å²) in [6, 6.07) is 9.04. The van der Waals surface area contributed by atoms with E-state index in [2.05, 4.69) is 15.3 Å². The SMILES string of the molecule is N#Cc1ccc(NC(=O)CCc2ccc[nH]2)nc1. The van der Waals surface area contributed by atoms with E-state index in [1.54, 1.807) is 12.1 Å². The summed E-state index contributed by atoms with van der Waals surface area (Å²) in [6.07, 6.45) is 4.31. The van der Waals surface area contributed by atoms with Crippen LogP contribution >= 0.6 is 0 Å². The molecule has 2 aromatic rings. The summed E-state index contributed by atoms with van der Waals surface area (Å²) < 4.78 is 0. The molecule has 18 heavy (non-hydrogen) atoms. The molecule has 5 heteroatoms. The molecule has 2 N–H and O–H groups in total. The second-order valence-corrected chi connectivity index (χ2v) is 3.79. The monoisotopic (exact) mass is 240 g/mol. The first-order chi connectivity index (χ1) is 8.78. The third kappa shape index (κ3) is 3.19. The topological polar surface area (TPSA) is 81.6 Å². The van der Waals surface area contributed by atoms with E-state index in [0.29, 0.717) is 24.2 Å². The van der Waals surface area contributed by atoms with Crippen LogP contribution in [0.2, 0.25) is 0 Å². The van der Waals surface area contributed by atoms with Crippen LogP contribution in [0.5, 0.6) is 0 Å². The van der Waals surface area contributed by atoms with E-state index in [1.807, 2.05) is 24.4 Å². The molecule has 0 atom stereocenters. The minimum atomic E-state index is -0.0955. The van der Waals surface area contributed by atoms with Gasteiger partial charge in [-0.15, -0.1) is 0 Å². The second kappa shape index (κ2) is 5.64. The van der Waals surface area contributed by atoms with Crippen LogP contribution in [-0.2, 0) is 11.2 Å². The number of aromatic amines is 1. The van der Waals surface area contributed by atoms with Crippen LogP contribution in [0, 0.1) is 11.3 Å². The molecule has 0 bridgehead atoms. The van der Waals surface area contributed by atoms with Crippen molar-refractivity contribution in [3.8, 4) is 6.07 Å². The Morgan fingerprint density at radius 2 is 2.33 bits per heavy atom. The van der Waals surface area contributed by atoms with Gasteiger partial charge in [-0.05, 0) is 30.7 Å². The standard InChI is InChI=1S/C13H12N4O/c14-8-10-3-5-12(16-9-10)17-13(18)6-4-11-2-1-7-15-11/h1-3,5,7,9,15H,4,6H2,(H,16,17,18). The van der Waals surface area contributed by atoms with E-state index in [-0.39, 0.29) is 5.91 Å². The van der Waals surface area contributed by atoms with Gasteiger partial charge in [0.2, 0.25) is 5.91 Å². The lowest BCUT2D eigenvalue weighted by molar-refractivity contribution is -0.116. The summed E-state index contributed by atoms with van der Waals surface area (Å²) in [4.78, 5) is 18.6. The maximum absolute atomic E-state index is 11.6. The minimum Gasteiger partial charge on any atom is -0.365 e. The van der Waals surface area contributed by atoms with Gasteiger partial charge in [-0.1, -0.05) is 0 Å². The molecule has 0 aromatic carbocycles. The average Bonchev–Trinajstić information content (AvgIpc) is 2.90. The molecular formula is C13H12N4O. The van der Waals surface area contributed by atoms with E-state index in [1.165, 1.54) is 6.20 Å². The summed E-state index contributed by atoms with van der Waals surface area (Å²) in [5.74, 6) is 0.368. The van der Waals surface area contributed by atoms with Gasteiger partial charge in [0.15, 0.2) is 0 Å². The fourth-order valence-corrected chi connectivity index (χ4v) is 1.51. The highest BCUT2D eigenvalue weighted by Crippen LogP contribution is 2.06. The lowest BCUT2D eigenvalue weighted by Gasteiger charge is -2.03. The van der Waals surface area contributed by atoms with Crippen LogP contribution in [0.25, 0.3) is 0 Å². The molecule has 1 amide bonds. The van der Waals surface area contributed by atoms with Crippen molar-refractivity contribution in [1.29, 1.82) is 5.26 Å². The number of pyridine rings is 1. The van der Waals surface area contributed by atoms with E-state index < -0.39 is 0 Å². The molecule has 0 aliphatic carbocycles. The number of hydrogen-bond acceptors (Lipinski definition) is 3. The Bertz CT molecular complexity index is 552. The zero-order chi connectivity index (χ0) is 12.8. The van der Waals surface area contributed by atoms with Gasteiger partial charge < -0.3 is 10.3 Å². The van der Waals surface area contributed by atoms with Crippen molar-refractivity contribution >= 4 is 11.7 Å². The number of H-pyrrole nitrogens is 1. The zero-order valence-electron chi connectivity index (χ0n) is 9.68. The summed E-state index contributed by atoms with van der Waals surface area (Å²) in [5.41, 5.74) is 1.50. The molecule has 5 nitrogen and oxygen atoms in total. The Kier molecular flexibility index (Phi) is 3.72. The van der Waals surface area contributed by atoms with Crippen LogP contribution < -0.4 is 5.32 Å². The summed E-state index contributed by atoms with van der Waals surface area (Å²) in [6.45, 7) is 0. The lowest BCUT2D eigenvalue weighted by atomic mass is 10.2. The molecule has 90 valence electrons. The number of aryl methyl sites for hydroxylation is 1. The molecule has 2 aromatic heterocycles. The Morgan fingerprint density at radius 3 is 2.94 bits per heavy atom. The van der Waals surface area contributed by atoms with Gasteiger partial charge in [0, 0.05) is 24.5 Å². The molecule has 0 spiro atoms. The first-order valence-electron chi connectivity index (χ1n) is 5.56. The highest BCUT2D eigenvalue weighted by Gasteiger charge is 2.04. The predicted octanol–water partition coefficient (Wildman–Crippen LogP) is 1.85. The summed E-state index contributed by atoms with van der Waals surface area (Å²) >= 11 is 0. The van der Waals surface area contributed by atoms with Crippen LogP contribution in [0.15, 0.2) is 36.7 Å². The number of nitrogens with zero attached hydrogens (tertiary/aromatic N) is 2. The number of aromatic nitrogens is 2. The Hall–Kier alpha value is -2.61. The molecule has 0 saturated carbocycles. The maximum atomic E-state index is 11.6. The molecule has 0 aliphatic rings. The van der Waals surface area contributed by atoms with Gasteiger partial charge in [-0.3, -0.25) is 4.79 Å². The van der Waals surface area contributed by atoms with Crippen LogP contribution in [0.4, 0.5) is 5.82 Å². The second-order valence-electron chi connectivity index (χ2n) is 3.79.